The lowest BCUT2D eigenvalue weighted by Gasteiger charge is -2.13. The maximum atomic E-state index is 13.3. The van der Waals surface area contributed by atoms with Crippen molar-refractivity contribution in [2.75, 3.05) is 5.32 Å². The molecule has 0 saturated carbocycles. The van der Waals surface area contributed by atoms with Crippen LogP contribution in [0, 0.1) is 12.7 Å². The van der Waals surface area contributed by atoms with Crippen LogP contribution in [0.25, 0.3) is 0 Å². The Balaban J connectivity index is 1.72. The number of hydrogen-bond donors (Lipinski definition) is 1. The molecule has 3 rings (SSSR count). The van der Waals surface area contributed by atoms with Gasteiger partial charge in [0.15, 0.2) is 11.5 Å². The molecule has 0 aliphatic heterocycles. The van der Waals surface area contributed by atoms with Gasteiger partial charge in [-0.2, -0.15) is 23.4 Å². The molecule has 2 heterocycles. The Morgan fingerprint density at radius 1 is 1.28 bits per heavy atom. The number of hydrogen-bond acceptors (Lipinski definition) is 3. The standard InChI is InChI=1S/C18H16ClF4N5O/c1-10-15(19)16(18(21,22)23)26-28(10)11(2)17(29)24-14-6-7-27(25-14)9-12-4-3-5-13(20)8-12/h3-8,11H,9H2,1-2H3,(H,24,25,29). The van der Waals surface area contributed by atoms with E-state index in [4.69, 9.17) is 11.6 Å². The fourth-order valence-electron chi connectivity index (χ4n) is 2.74. The van der Waals surface area contributed by atoms with E-state index in [0.717, 1.165) is 4.68 Å². The van der Waals surface area contributed by atoms with Gasteiger partial charge in [0, 0.05) is 12.3 Å². The summed E-state index contributed by atoms with van der Waals surface area (Å²) in [5.74, 6) is -0.786. The van der Waals surface area contributed by atoms with Crippen LogP contribution in [0.15, 0.2) is 36.5 Å². The molecule has 1 atom stereocenters. The van der Waals surface area contributed by atoms with Crippen molar-refractivity contribution in [1.82, 2.24) is 19.6 Å². The second-order valence-corrected chi connectivity index (χ2v) is 6.76. The second-order valence-electron chi connectivity index (χ2n) is 6.38. The van der Waals surface area contributed by atoms with E-state index >= 15 is 0 Å². The topological polar surface area (TPSA) is 64.7 Å². The molecule has 1 amide bonds. The highest BCUT2D eigenvalue weighted by Crippen LogP contribution is 2.36. The number of carbonyl (C=O) groups is 1. The number of aromatic nitrogens is 4. The van der Waals surface area contributed by atoms with E-state index in [1.165, 1.54) is 36.7 Å². The molecule has 0 saturated heterocycles. The van der Waals surface area contributed by atoms with Crippen molar-refractivity contribution in [2.45, 2.75) is 32.6 Å². The van der Waals surface area contributed by atoms with Gasteiger partial charge in [0.2, 0.25) is 5.91 Å². The zero-order chi connectivity index (χ0) is 21.3. The lowest BCUT2D eigenvalue weighted by Crippen LogP contribution is -2.26. The number of benzene rings is 1. The van der Waals surface area contributed by atoms with Crippen LogP contribution in [0.1, 0.15) is 29.9 Å². The highest BCUT2D eigenvalue weighted by molar-refractivity contribution is 6.32. The molecule has 0 radical (unpaired) electrons. The van der Waals surface area contributed by atoms with E-state index in [0.29, 0.717) is 5.56 Å². The molecular formula is C18H16ClF4N5O. The van der Waals surface area contributed by atoms with E-state index in [1.54, 1.807) is 18.3 Å². The third kappa shape index (κ3) is 4.58. The molecule has 3 aromatic rings. The molecule has 154 valence electrons. The number of nitrogens with one attached hydrogen (secondary N) is 1. The van der Waals surface area contributed by atoms with E-state index in [2.05, 4.69) is 15.5 Å². The van der Waals surface area contributed by atoms with Crippen LogP contribution in [-0.4, -0.2) is 25.5 Å². The molecule has 2 aromatic heterocycles. The molecule has 1 N–H and O–H groups in total. The van der Waals surface area contributed by atoms with Gasteiger partial charge < -0.3 is 5.32 Å². The lowest BCUT2D eigenvalue weighted by atomic mass is 10.2. The number of rotatable bonds is 5. The summed E-state index contributed by atoms with van der Waals surface area (Å²) in [7, 11) is 0. The Morgan fingerprint density at radius 2 is 2.00 bits per heavy atom. The number of nitrogens with zero attached hydrogens (tertiary/aromatic N) is 4. The monoisotopic (exact) mass is 429 g/mol. The lowest BCUT2D eigenvalue weighted by molar-refractivity contribution is -0.141. The van der Waals surface area contributed by atoms with Crippen molar-refractivity contribution in [1.29, 1.82) is 0 Å². The Morgan fingerprint density at radius 3 is 2.62 bits per heavy atom. The van der Waals surface area contributed by atoms with Gasteiger partial charge in [-0.25, -0.2) is 4.39 Å². The molecule has 1 unspecified atom stereocenters. The fraction of sp³-hybridized carbons (Fsp3) is 0.278. The molecule has 0 aliphatic carbocycles. The van der Waals surface area contributed by atoms with Gasteiger partial charge in [0.05, 0.1) is 17.3 Å². The summed E-state index contributed by atoms with van der Waals surface area (Å²) >= 11 is 5.72. The average Bonchev–Trinajstić information content (AvgIpc) is 3.19. The number of carbonyl (C=O) groups excluding carboxylic acids is 1. The Kier molecular flexibility index (Phi) is 5.65. The Bertz CT molecular complexity index is 1040. The number of amides is 1. The first-order valence-electron chi connectivity index (χ1n) is 8.47. The van der Waals surface area contributed by atoms with Gasteiger partial charge in [0.1, 0.15) is 11.9 Å². The van der Waals surface area contributed by atoms with E-state index in [1.807, 2.05) is 0 Å². The fourth-order valence-corrected chi connectivity index (χ4v) is 2.97. The first-order chi connectivity index (χ1) is 13.6. The van der Waals surface area contributed by atoms with Crippen molar-refractivity contribution in [3.05, 3.63) is 64.3 Å². The molecule has 11 heteroatoms. The van der Waals surface area contributed by atoms with Gasteiger partial charge in [-0.05, 0) is 31.5 Å². The zero-order valence-electron chi connectivity index (χ0n) is 15.3. The number of alkyl halides is 3. The minimum atomic E-state index is -4.72. The third-order valence-electron chi connectivity index (χ3n) is 4.22. The molecule has 0 spiro atoms. The number of halogens is 5. The predicted octanol–water partition coefficient (Wildman–Crippen LogP) is 4.45. The SMILES string of the molecule is Cc1c(Cl)c(C(F)(F)F)nn1C(C)C(=O)Nc1ccn(Cc2cccc(F)c2)n1. The highest BCUT2D eigenvalue weighted by Gasteiger charge is 2.39. The summed E-state index contributed by atoms with van der Waals surface area (Å²) in [6.45, 7) is 3.03. The maximum absolute atomic E-state index is 13.3. The zero-order valence-corrected chi connectivity index (χ0v) is 16.1. The van der Waals surface area contributed by atoms with Crippen molar-refractivity contribution in [3.8, 4) is 0 Å². The van der Waals surface area contributed by atoms with Crippen LogP contribution in [0.3, 0.4) is 0 Å². The second kappa shape index (κ2) is 7.86. The molecule has 0 fully saturated rings. The Labute approximate surface area is 168 Å². The van der Waals surface area contributed by atoms with Crippen LogP contribution >= 0.6 is 11.6 Å². The molecule has 29 heavy (non-hydrogen) atoms. The van der Waals surface area contributed by atoms with Gasteiger partial charge in [-0.1, -0.05) is 23.7 Å². The quantitative estimate of drug-likeness (QED) is 0.609. The van der Waals surface area contributed by atoms with E-state index in [-0.39, 0.29) is 23.9 Å². The molecule has 1 aromatic carbocycles. The molecule has 0 aliphatic rings. The molecule has 6 nitrogen and oxygen atoms in total. The normalized spacial score (nSPS) is 12.8. The summed E-state index contributed by atoms with van der Waals surface area (Å²) in [6, 6.07) is 6.46. The van der Waals surface area contributed by atoms with Crippen molar-refractivity contribution in [3.63, 3.8) is 0 Å². The van der Waals surface area contributed by atoms with Crippen molar-refractivity contribution < 1.29 is 22.4 Å². The minimum absolute atomic E-state index is 0.0262. The summed E-state index contributed by atoms with van der Waals surface area (Å²) in [5, 5.41) is 9.59. The third-order valence-corrected chi connectivity index (χ3v) is 4.67. The Hall–Kier alpha value is -2.88. The van der Waals surface area contributed by atoms with Crippen LogP contribution in [0.2, 0.25) is 5.02 Å². The minimum Gasteiger partial charge on any atom is -0.307 e. The largest absolute Gasteiger partial charge is 0.436 e. The summed E-state index contributed by atoms with van der Waals surface area (Å²) in [6.07, 6.45) is -3.14. The van der Waals surface area contributed by atoms with E-state index < -0.39 is 28.8 Å². The van der Waals surface area contributed by atoms with Gasteiger partial charge >= 0.3 is 6.18 Å². The van der Waals surface area contributed by atoms with Crippen LogP contribution < -0.4 is 5.32 Å². The predicted molar refractivity (Wildman–Crippen MR) is 98.0 cm³/mol. The summed E-state index contributed by atoms with van der Waals surface area (Å²) < 4.78 is 54.6. The van der Waals surface area contributed by atoms with Crippen molar-refractivity contribution in [2.24, 2.45) is 0 Å². The average molecular weight is 430 g/mol. The van der Waals surface area contributed by atoms with Crippen LogP contribution in [0.4, 0.5) is 23.4 Å². The number of anilines is 1. The summed E-state index contributed by atoms with van der Waals surface area (Å²) in [4.78, 5) is 12.5. The summed E-state index contributed by atoms with van der Waals surface area (Å²) in [5.41, 5.74) is -0.533. The van der Waals surface area contributed by atoms with Crippen LogP contribution in [-0.2, 0) is 17.5 Å². The van der Waals surface area contributed by atoms with Crippen LogP contribution in [0.5, 0.6) is 0 Å². The molecular weight excluding hydrogens is 414 g/mol. The van der Waals surface area contributed by atoms with Gasteiger partial charge in [-0.15, -0.1) is 0 Å². The highest BCUT2D eigenvalue weighted by atomic mass is 35.5. The first-order valence-corrected chi connectivity index (χ1v) is 8.84. The first kappa shape index (κ1) is 20.8. The maximum Gasteiger partial charge on any atom is 0.436 e. The van der Waals surface area contributed by atoms with Gasteiger partial charge in [-0.3, -0.25) is 14.2 Å². The van der Waals surface area contributed by atoms with Crippen molar-refractivity contribution >= 4 is 23.3 Å². The molecule has 0 bridgehead atoms. The van der Waals surface area contributed by atoms with Gasteiger partial charge in [0.25, 0.3) is 0 Å². The van der Waals surface area contributed by atoms with E-state index in [9.17, 15) is 22.4 Å². The smallest absolute Gasteiger partial charge is 0.307 e.